The van der Waals surface area contributed by atoms with Crippen molar-refractivity contribution in [2.45, 2.75) is 58.7 Å². The van der Waals surface area contributed by atoms with Gasteiger partial charge in [0.2, 0.25) is 5.88 Å². The van der Waals surface area contributed by atoms with Crippen molar-refractivity contribution in [2.24, 2.45) is 5.92 Å². The third kappa shape index (κ3) is 4.60. The van der Waals surface area contributed by atoms with Gasteiger partial charge in [0, 0.05) is 19.2 Å². The van der Waals surface area contributed by atoms with E-state index in [9.17, 15) is 0 Å². The summed E-state index contributed by atoms with van der Waals surface area (Å²) in [5.41, 5.74) is 3.52. The van der Waals surface area contributed by atoms with E-state index in [0.29, 0.717) is 6.61 Å². The van der Waals surface area contributed by atoms with E-state index in [4.69, 9.17) is 9.84 Å². The van der Waals surface area contributed by atoms with Crippen LogP contribution in [0.2, 0.25) is 0 Å². The normalized spacial score (nSPS) is 15.6. The fourth-order valence-corrected chi connectivity index (χ4v) is 3.42. The van der Waals surface area contributed by atoms with E-state index in [1.165, 1.54) is 43.2 Å². The van der Waals surface area contributed by atoms with Crippen molar-refractivity contribution < 1.29 is 4.74 Å². The maximum absolute atomic E-state index is 6.10. The van der Waals surface area contributed by atoms with Crippen LogP contribution in [-0.4, -0.2) is 16.8 Å². The first-order valence-electron chi connectivity index (χ1n) is 9.14. The molecule has 1 saturated carbocycles. The van der Waals surface area contributed by atoms with E-state index in [1.807, 2.05) is 7.05 Å². The molecule has 1 aliphatic carbocycles. The Hall–Kier alpha value is -1.81. The van der Waals surface area contributed by atoms with Crippen LogP contribution in [-0.2, 0) is 19.7 Å². The van der Waals surface area contributed by atoms with Crippen molar-refractivity contribution in [3.05, 3.63) is 47.2 Å². The number of rotatable bonds is 7. The molecule has 1 aliphatic rings. The van der Waals surface area contributed by atoms with Crippen LogP contribution in [0.3, 0.4) is 0 Å². The third-order valence-corrected chi connectivity index (χ3v) is 4.81. The number of aryl methyl sites for hydroxylation is 1. The molecule has 0 aliphatic heterocycles. The second kappa shape index (κ2) is 8.34. The quantitative estimate of drug-likeness (QED) is 0.833. The smallest absolute Gasteiger partial charge is 0.212 e. The molecular weight excluding hydrogens is 298 g/mol. The Morgan fingerprint density at radius 2 is 1.92 bits per heavy atom. The Labute approximate surface area is 145 Å². The molecule has 0 bridgehead atoms. The second-order valence-corrected chi connectivity index (χ2v) is 6.96. The Kier molecular flexibility index (Phi) is 5.91. The van der Waals surface area contributed by atoms with Gasteiger partial charge < -0.3 is 10.1 Å². The lowest BCUT2D eigenvalue weighted by Gasteiger charge is -2.22. The molecule has 0 saturated heterocycles. The molecule has 24 heavy (non-hydrogen) atoms. The summed E-state index contributed by atoms with van der Waals surface area (Å²) in [7, 11) is 1.95. The summed E-state index contributed by atoms with van der Waals surface area (Å²) in [4.78, 5) is 0. The van der Waals surface area contributed by atoms with Gasteiger partial charge in [-0.05, 0) is 38.3 Å². The SMILES string of the molecule is CNCc1cc(OCc2ccc(C)cc2)n(CC2CCCCC2)n1. The molecule has 1 aromatic carbocycles. The highest BCUT2D eigenvalue weighted by Gasteiger charge is 2.17. The van der Waals surface area contributed by atoms with Crippen molar-refractivity contribution in [1.82, 2.24) is 15.1 Å². The Morgan fingerprint density at radius 1 is 1.17 bits per heavy atom. The number of hydrogen-bond acceptors (Lipinski definition) is 3. The summed E-state index contributed by atoms with van der Waals surface area (Å²) >= 11 is 0. The zero-order valence-corrected chi connectivity index (χ0v) is 14.9. The van der Waals surface area contributed by atoms with Crippen molar-refractivity contribution >= 4 is 0 Å². The molecule has 1 heterocycles. The van der Waals surface area contributed by atoms with E-state index in [2.05, 4.69) is 47.3 Å². The first kappa shape index (κ1) is 17.0. The Balaban J connectivity index is 1.68. The van der Waals surface area contributed by atoms with Crippen molar-refractivity contribution in [3.8, 4) is 5.88 Å². The van der Waals surface area contributed by atoms with E-state index in [1.54, 1.807) is 0 Å². The molecule has 0 radical (unpaired) electrons. The maximum Gasteiger partial charge on any atom is 0.212 e. The van der Waals surface area contributed by atoms with E-state index < -0.39 is 0 Å². The third-order valence-electron chi connectivity index (χ3n) is 4.81. The highest BCUT2D eigenvalue weighted by atomic mass is 16.5. The molecule has 2 aromatic rings. The zero-order valence-electron chi connectivity index (χ0n) is 14.9. The lowest BCUT2D eigenvalue weighted by molar-refractivity contribution is 0.245. The van der Waals surface area contributed by atoms with Gasteiger partial charge in [-0.25, -0.2) is 4.68 Å². The molecule has 1 N–H and O–H groups in total. The van der Waals surface area contributed by atoms with Crippen LogP contribution in [0.1, 0.15) is 48.9 Å². The van der Waals surface area contributed by atoms with Crippen LogP contribution in [0.25, 0.3) is 0 Å². The van der Waals surface area contributed by atoms with E-state index >= 15 is 0 Å². The molecule has 0 unspecified atom stereocenters. The zero-order chi connectivity index (χ0) is 16.8. The average molecular weight is 327 g/mol. The number of ether oxygens (including phenoxy) is 1. The van der Waals surface area contributed by atoms with Crippen LogP contribution in [0.15, 0.2) is 30.3 Å². The van der Waals surface area contributed by atoms with Gasteiger partial charge in [-0.2, -0.15) is 5.10 Å². The molecule has 0 amide bonds. The molecule has 1 fully saturated rings. The first-order valence-corrected chi connectivity index (χ1v) is 9.14. The maximum atomic E-state index is 6.10. The monoisotopic (exact) mass is 327 g/mol. The van der Waals surface area contributed by atoms with Gasteiger partial charge in [-0.15, -0.1) is 0 Å². The summed E-state index contributed by atoms with van der Waals surface area (Å²) in [6.45, 7) is 4.45. The van der Waals surface area contributed by atoms with Crippen LogP contribution >= 0.6 is 0 Å². The van der Waals surface area contributed by atoms with Crippen molar-refractivity contribution in [3.63, 3.8) is 0 Å². The summed E-state index contributed by atoms with van der Waals surface area (Å²) in [5.74, 6) is 1.63. The predicted molar refractivity (Wildman–Crippen MR) is 97.1 cm³/mol. The Bertz CT molecular complexity index is 627. The number of benzene rings is 1. The van der Waals surface area contributed by atoms with Gasteiger partial charge in [0.15, 0.2) is 0 Å². The van der Waals surface area contributed by atoms with Crippen molar-refractivity contribution in [2.75, 3.05) is 7.05 Å². The van der Waals surface area contributed by atoms with E-state index in [-0.39, 0.29) is 0 Å². The average Bonchev–Trinajstić information content (AvgIpc) is 2.97. The topological polar surface area (TPSA) is 39.1 Å². The molecule has 130 valence electrons. The molecule has 1 aromatic heterocycles. The lowest BCUT2D eigenvalue weighted by atomic mass is 9.89. The van der Waals surface area contributed by atoms with Gasteiger partial charge in [0.25, 0.3) is 0 Å². The number of aromatic nitrogens is 2. The molecule has 0 atom stereocenters. The van der Waals surface area contributed by atoms with Crippen LogP contribution in [0, 0.1) is 12.8 Å². The summed E-state index contributed by atoms with van der Waals surface area (Å²) < 4.78 is 8.18. The Morgan fingerprint density at radius 3 is 2.62 bits per heavy atom. The predicted octanol–water partition coefficient (Wildman–Crippen LogP) is 4.07. The second-order valence-electron chi connectivity index (χ2n) is 6.96. The van der Waals surface area contributed by atoms with Crippen molar-refractivity contribution in [1.29, 1.82) is 0 Å². The van der Waals surface area contributed by atoms with Gasteiger partial charge in [0.1, 0.15) is 6.61 Å². The minimum Gasteiger partial charge on any atom is -0.473 e. The van der Waals surface area contributed by atoms with Crippen LogP contribution in [0.5, 0.6) is 5.88 Å². The van der Waals surface area contributed by atoms with Crippen LogP contribution in [0.4, 0.5) is 0 Å². The van der Waals surface area contributed by atoms with Gasteiger partial charge in [-0.3, -0.25) is 0 Å². The van der Waals surface area contributed by atoms with Gasteiger partial charge in [0.05, 0.1) is 5.69 Å². The van der Waals surface area contributed by atoms with E-state index in [0.717, 1.165) is 30.6 Å². The minimum absolute atomic E-state index is 0.593. The molecule has 4 nitrogen and oxygen atoms in total. The highest BCUT2D eigenvalue weighted by Crippen LogP contribution is 2.27. The molecular formula is C20H29N3O. The fraction of sp³-hybridized carbons (Fsp3) is 0.550. The van der Waals surface area contributed by atoms with Gasteiger partial charge >= 0.3 is 0 Å². The number of hydrogen-bond donors (Lipinski definition) is 1. The first-order chi connectivity index (χ1) is 11.7. The lowest BCUT2D eigenvalue weighted by Crippen LogP contribution is -2.16. The minimum atomic E-state index is 0.593. The molecule has 0 spiro atoms. The number of nitrogens with one attached hydrogen (secondary N) is 1. The van der Waals surface area contributed by atoms with Gasteiger partial charge in [-0.1, -0.05) is 49.1 Å². The standard InChI is InChI=1S/C20H29N3O/c1-16-8-10-18(11-9-16)15-24-20-12-19(13-21-2)22-23(20)14-17-6-4-3-5-7-17/h8-12,17,21H,3-7,13-15H2,1-2H3. The summed E-state index contributed by atoms with van der Waals surface area (Å²) in [5, 5.41) is 7.93. The molecule has 3 rings (SSSR count). The summed E-state index contributed by atoms with van der Waals surface area (Å²) in [6, 6.07) is 10.6. The largest absolute Gasteiger partial charge is 0.473 e. The fourth-order valence-electron chi connectivity index (χ4n) is 3.42. The molecule has 4 heteroatoms. The highest BCUT2D eigenvalue weighted by molar-refractivity contribution is 5.22. The number of nitrogens with zero attached hydrogens (tertiary/aromatic N) is 2. The summed E-state index contributed by atoms with van der Waals surface area (Å²) in [6.07, 6.45) is 6.73. The van der Waals surface area contributed by atoms with Crippen LogP contribution < -0.4 is 10.1 Å².